The third-order valence-corrected chi connectivity index (χ3v) is 5.94. The minimum Gasteiger partial charge on any atom is -0.444 e. The zero-order valence-corrected chi connectivity index (χ0v) is 16.9. The minimum atomic E-state index is -1.65. The molecular formula is C18H25N5O6. The molecule has 4 rings (SSSR count). The maximum atomic E-state index is 12.1. The Morgan fingerprint density at radius 1 is 1.28 bits per heavy atom. The van der Waals surface area contributed by atoms with Gasteiger partial charge in [0.05, 0.1) is 12.9 Å². The Morgan fingerprint density at radius 2 is 1.97 bits per heavy atom. The first kappa shape index (κ1) is 20.0. The van der Waals surface area contributed by atoms with Gasteiger partial charge in [-0.15, -0.1) is 0 Å². The predicted octanol–water partition coefficient (Wildman–Crippen LogP) is 0.565. The van der Waals surface area contributed by atoms with Gasteiger partial charge >= 0.3 is 6.09 Å². The van der Waals surface area contributed by atoms with E-state index in [1.807, 2.05) is 0 Å². The van der Waals surface area contributed by atoms with E-state index in [2.05, 4.69) is 20.3 Å². The van der Waals surface area contributed by atoms with Gasteiger partial charge in [-0.1, -0.05) is 13.8 Å². The van der Waals surface area contributed by atoms with Crippen LogP contribution in [-0.2, 0) is 9.47 Å². The first-order valence-corrected chi connectivity index (χ1v) is 9.27. The van der Waals surface area contributed by atoms with Crippen LogP contribution >= 0.6 is 0 Å². The van der Waals surface area contributed by atoms with Crippen LogP contribution in [0.15, 0.2) is 12.7 Å². The normalized spacial score (nSPS) is 32.8. The van der Waals surface area contributed by atoms with Crippen molar-refractivity contribution in [3.05, 3.63) is 12.7 Å². The topological polar surface area (TPSA) is 152 Å². The lowest BCUT2D eigenvalue weighted by Gasteiger charge is -2.26. The largest absolute Gasteiger partial charge is 0.444 e. The lowest BCUT2D eigenvalue weighted by molar-refractivity contribution is -0.123. The second-order valence-corrected chi connectivity index (χ2v) is 8.99. The predicted molar refractivity (Wildman–Crippen MR) is 99.9 cm³/mol. The van der Waals surface area contributed by atoms with E-state index < -0.39 is 47.3 Å². The molecule has 1 amide bonds. The summed E-state index contributed by atoms with van der Waals surface area (Å²) in [6.07, 6.45) is -0.0718. The van der Waals surface area contributed by atoms with Crippen molar-refractivity contribution < 1.29 is 29.6 Å². The summed E-state index contributed by atoms with van der Waals surface area (Å²) in [7, 11) is 0. The van der Waals surface area contributed by atoms with Crippen LogP contribution in [0, 0.1) is 5.41 Å². The number of aromatic nitrogens is 4. The molecule has 1 saturated heterocycles. The van der Waals surface area contributed by atoms with Crippen molar-refractivity contribution >= 4 is 23.1 Å². The van der Waals surface area contributed by atoms with Crippen LogP contribution in [0.3, 0.4) is 0 Å². The average molecular weight is 407 g/mol. The fourth-order valence-electron chi connectivity index (χ4n) is 4.35. The Balaban J connectivity index is 1.70. The molecule has 11 nitrogen and oxygen atoms in total. The molecule has 2 aromatic heterocycles. The SMILES string of the molecule is CC(C)(C)OC(=O)Nc1ncnc2c1ncn2[C@@H]1O[C@H](CO)[C@]2(O)C(C)(C)[C@]12O. The maximum absolute atomic E-state index is 12.1. The molecule has 1 aliphatic carbocycles. The van der Waals surface area contributed by atoms with Gasteiger partial charge in [-0.25, -0.2) is 19.7 Å². The highest BCUT2D eigenvalue weighted by molar-refractivity contribution is 5.93. The monoisotopic (exact) mass is 407 g/mol. The molecule has 2 fully saturated rings. The number of amides is 1. The van der Waals surface area contributed by atoms with Crippen LogP contribution in [-0.4, -0.2) is 70.4 Å². The molecule has 1 aliphatic heterocycles. The molecule has 11 heteroatoms. The Bertz CT molecular complexity index is 985. The number of nitrogens with one attached hydrogen (secondary N) is 1. The van der Waals surface area contributed by atoms with Crippen molar-refractivity contribution in [3.63, 3.8) is 0 Å². The number of rotatable bonds is 3. The van der Waals surface area contributed by atoms with Crippen molar-refractivity contribution in [1.29, 1.82) is 0 Å². The second-order valence-electron chi connectivity index (χ2n) is 8.99. The molecule has 29 heavy (non-hydrogen) atoms. The van der Waals surface area contributed by atoms with Crippen molar-refractivity contribution in [2.75, 3.05) is 11.9 Å². The molecule has 0 bridgehead atoms. The smallest absolute Gasteiger partial charge is 0.413 e. The van der Waals surface area contributed by atoms with E-state index >= 15 is 0 Å². The van der Waals surface area contributed by atoms with Crippen LogP contribution in [0.1, 0.15) is 40.8 Å². The van der Waals surface area contributed by atoms with Crippen molar-refractivity contribution in [3.8, 4) is 0 Å². The number of carbonyl (C=O) groups excluding carboxylic acids is 1. The highest BCUT2D eigenvalue weighted by Crippen LogP contribution is 2.75. The van der Waals surface area contributed by atoms with E-state index in [9.17, 15) is 20.1 Å². The molecule has 2 aliphatic rings. The molecule has 3 heterocycles. The molecule has 0 radical (unpaired) electrons. The summed E-state index contributed by atoms with van der Waals surface area (Å²) in [5.74, 6) is 0.136. The van der Waals surface area contributed by atoms with Crippen LogP contribution < -0.4 is 5.32 Å². The van der Waals surface area contributed by atoms with E-state index in [4.69, 9.17) is 9.47 Å². The standard InChI is InChI=1S/C18H25N5O6/c1-15(2,3)29-14(25)22-11-10-12(20-7-19-11)23(8-21-10)13-18(27)16(4,5)17(18,26)9(6-24)28-13/h7-9,13,24,26-27H,6H2,1-5H3,(H,19,20,22,25)/t9-,13-,17+,18-/m1/s1. The van der Waals surface area contributed by atoms with Crippen molar-refractivity contribution in [2.24, 2.45) is 5.41 Å². The fraction of sp³-hybridized carbons (Fsp3) is 0.667. The molecule has 4 N–H and O–H groups in total. The highest BCUT2D eigenvalue weighted by atomic mass is 16.6. The summed E-state index contributed by atoms with van der Waals surface area (Å²) in [4.78, 5) is 24.6. The Morgan fingerprint density at radius 3 is 2.55 bits per heavy atom. The van der Waals surface area contributed by atoms with Crippen LogP contribution in [0.25, 0.3) is 11.2 Å². The van der Waals surface area contributed by atoms with Gasteiger partial charge in [0.1, 0.15) is 29.2 Å². The van der Waals surface area contributed by atoms with E-state index in [1.54, 1.807) is 34.6 Å². The first-order valence-electron chi connectivity index (χ1n) is 9.27. The number of anilines is 1. The highest BCUT2D eigenvalue weighted by Gasteiger charge is 2.92. The van der Waals surface area contributed by atoms with Crippen LogP contribution in [0.2, 0.25) is 0 Å². The van der Waals surface area contributed by atoms with E-state index in [0.29, 0.717) is 0 Å². The minimum absolute atomic E-state index is 0.136. The van der Waals surface area contributed by atoms with Crippen LogP contribution in [0.5, 0.6) is 0 Å². The number of ether oxygens (including phenoxy) is 2. The molecule has 0 unspecified atom stereocenters. The van der Waals surface area contributed by atoms with Gasteiger partial charge in [-0.05, 0) is 20.8 Å². The fourth-order valence-corrected chi connectivity index (χ4v) is 4.35. The number of aliphatic hydroxyl groups is 3. The summed E-state index contributed by atoms with van der Waals surface area (Å²) in [5, 5.41) is 34.4. The molecule has 1 saturated carbocycles. The van der Waals surface area contributed by atoms with Gasteiger partial charge in [0, 0.05) is 5.41 Å². The lowest BCUT2D eigenvalue weighted by Crippen LogP contribution is -2.36. The molecule has 0 spiro atoms. The number of fused-ring (bicyclic) bond motifs is 2. The molecule has 158 valence electrons. The number of carbonyl (C=O) groups is 1. The molecule has 2 aromatic rings. The zero-order valence-electron chi connectivity index (χ0n) is 16.9. The summed E-state index contributed by atoms with van der Waals surface area (Å²) in [6, 6.07) is 0. The summed E-state index contributed by atoms with van der Waals surface area (Å²) in [5.41, 5.74) is -4.31. The summed E-state index contributed by atoms with van der Waals surface area (Å²) < 4.78 is 12.5. The Kier molecular flexibility index (Phi) is 4.02. The van der Waals surface area contributed by atoms with Gasteiger partial charge in [-0.2, -0.15) is 0 Å². The van der Waals surface area contributed by atoms with Crippen molar-refractivity contribution in [2.45, 2.75) is 63.8 Å². The van der Waals surface area contributed by atoms with E-state index in [0.717, 1.165) is 0 Å². The number of aliphatic hydroxyl groups excluding tert-OH is 1. The number of hydrogen-bond donors (Lipinski definition) is 4. The Hall–Kier alpha value is -2.34. The third-order valence-electron chi connectivity index (χ3n) is 5.94. The summed E-state index contributed by atoms with van der Waals surface area (Å²) >= 11 is 0. The lowest BCUT2D eigenvalue weighted by atomic mass is 10.0. The zero-order chi connectivity index (χ0) is 21.4. The van der Waals surface area contributed by atoms with Crippen molar-refractivity contribution in [1.82, 2.24) is 19.5 Å². The first-order chi connectivity index (χ1) is 13.4. The van der Waals surface area contributed by atoms with Gasteiger partial charge in [-0.3, -0.25) is 9.88 Å². The van der Waals surface area contributed by atoms with Gasteiger partial charge < -0.3 is 24.8 Å². The number of imidazole rings is 1. The van der Waals surface area contributed by atoms with E-state index in [1.165, 1.54) is 17.2 Å². The molecule has 4 atom stereocenters. The maximum Gasteiger partial charge on any atom is 0.413 e. The third kappa shape index (κ3) is 2.44. The van der Waals surface area contributed by atoms with E-state index in [-0.39, 0.29) is 17.0 Å². The molecule has 0 aromatic carbocycles. The van der Waals surface area contributed by atoms with Gasteiger partial charge in [0.2, 0.25) is 0 Å². The Labute approximate surface area is 166 Å². The second kappa shape index (κ2) is 5.85. The van der Waals surface area contributed by atoms with Crippen LogP contribution in [0.4, 0.5) is 10.6 Å². The average Bonchev–Trinajstić information content (AvgIpc) is 2.97. The number of hydrogen-bond acceptors (Lipinski definition) is 9. The number of nitrogens with zero attached hydrogens (tertiary/aromatic N) is 4. The van der Waals surface area contributed by atoms with Gasteiger partial charge in [0.15, 0.2) is 23.2 Å². The quantitative estimate of drug-likeness (QED) is 0.572. The van der Waals surface area contributed by atoms with Gasteiger partial charge in [0.25, 0.3) is 0 Å². The summed E-state index contributed by atoms with van der Waals surface area (Å²) in [6.45, 7) is 8.18. The molecular weight excluding hydrogens is 382 g/mol.